The lowest BCUT2D eigenvalue weighted by molar-refractivity contribution is 0.102. The maximum Gasteiger partial charge on any atom is 0.255 e. The Hall–Kier alpha value is -1.78. The molecule has 0 atom stereocenters. The lowest BCUT2D eigenvalue weighted by Gasteiger charge is -2.17. The summed E-state index contributed by atoms with van der Waals surface area (Å²) in [6.07, 6.45) is 9.24. The normalized spacial score (nSPS) is 15.4. The summed E-state index contributed by atoms with van der Waals surface area (Å²) >= 11 is 11.8. The van der Waals surface area contributed by atoms with Gasteiger partial charge >= 0.3 is 0 Å². The Labute approximate surface area is 157 Å². The molecule has 0 aliphatic heterocycles. The molecule has 1 amide bonds. The molecule has 0 unspecified atom stereocenters. The molecule has 4 nitrogen and oxygen atoms in total. The van der Waals surface area contributed by atoms with Crippen LogP contribution in [0.15, 0.2) is 36.5 Å². The van der Waals surface area contributed by atoms with Crippen LogP contribution in [-0.4, -0.2) is 16.9 Å². The van der Waals surface area contributed by atoms with Gasteiger partial charge in [0, 0.05) is 11.6 Å². The average Bonchev–Trinajstić information content (AvgIpc) is 2.87. The fourth-order valence-corrected chi connectivity index (χ4v) is 3.32. The van der Waals surface area contributed by atoms with Gasteiger partial charge in [0.25, 0.3) is 5.91 Å². The summed E-state index contributed by atoms with van der Waals surface area (Å²) in [6.45, 7) is 0. The van der Waals surface area contributed by atoms with Crippen LogP contribution in [0.5, 0.6) is 0 Å². The number of hydrogen-bond acceptors (Lipinski definition) is 3. The number of halogens is 2. The Bertz CT molecular complexity index is 726. The second-order valence-corrected chi connectivity index (χ2v) is 7.16. The van der Waals surface area contributed by atoms with E-state index in [1.165, 1.54) is 38.5 Å². The van der Waals surface area contributed by atoms with Crippen molar-refractivity contribution in [3.05, 3.63) is 52.1 Å². The molecule has 2 aromatic rings. The molecular weight excluding hydrogens is 357 g/mol. The van der Waals surface area contributed by atoms with Crippen molar-refractivity contribution in [2.24, 2.45) is 0 Å². The summed E-state index contributed by atoms with van der Waals surface area (Å²) in [5.74, 6) is 0.601. The van der Waals surface area contributed by atoms with Crippen molar-refractivity contribution in [1.82, 2.24) is 4.98 Å². The van der Waals surface area contributed by atoms with Gasteiger partial charge in [0.1, 0.15) is 5.82 Å². The zero-order valence-corrected chi connectivity index (χ0v) is 15.4. The van der Waals surface area contributed by atoms with Crippen LogP contribution in [-0.2, 0) is 0 Å². The lowest BCUT2D eigenvalue weighted by Crippen LogP contribution is -2.19. The van der Waals surface area contributed by atoms with Crippen molar-refractivity contribution in [2.45, 2.75) is 44.6 Å². The fraction of sp³-hybridized carbons (Fsp3) is 0.368. The molecule has 0 radical (unpaired) electrons. The Morgan fingerprint density at radius 2 is 1.76 bits per heavy atom. The highest BCUT2D eigenvalue weighted by Crippen LogP contribution is 2.24. The van der Waals surface area contributed by atoms with Gasteiger partial charge in [-0.05, 0) is 43.2 Å². The Morgan fingerprint density at radius 3 is 2.40 bits per heavy atom. The number of pyridine rings is 1. The predicted molar refractivity (Wildman–Crippen MR) is 104 cm³/mol. The molecule has 0 spiro atoms. The van der Waals surface area contributed by atoms with Crippen molar-refractivity contribution in [3.8, 4) is 0 Å². The maximum absolute atomic E-state index is 12.3. The van der Waals surface area contributed by atoms with Crippen LogP contribution in [0.2, 0.25) is 10.0 Å². The van der Waals surface area contributed by atoms with E-state index < -0.39 is 0 Å². The van der Waals surface area contributed by atoms with E-state index in [1.54, 1.807) is 24.4 Å². The van der Waals surface area contributed by atoms with Crippen molar-refractivity contribution in [1.29, 1.82) is 0 Å². The predicted octanol–water partition coefficient (Wildman–Crippen LogP) is 5.78. The summed E-state index contributed by atoms with van der Waals surface area (Å²) in [6, 6.07) is 9.04. The number of carbonyl (C=O) groups is 1. The first-order valence-corrected chi connectivity index (χ1v) is 9.36. The molecule has 6 heteroatoms. The standard InChI is InChI=1S/C19H21Cl2N3O/c20-16-9-7-13(11-17(16)21)19(25)24-15-8-10-18(22-12-15)23-14-5-3-1-2-4-6-14/h7-12,14H,1-6H2,(H,22,23)(H,24,25). The number of nitrogens with zero attached hydrogens (tertiary/aromatic N) is 1. The van der Waals surface area contributed by atoms with E-state index in [1.807, 2.05) is 12.1 Å². The molecule has 1 aliphatic carbocycles. The van der Waals surface area contributed by atoms with Crippen LogP contribution < -0.4 is 10.6 Å². The molecule has 1 aliphatic rings. The van der Waals surface area contributed by atoms with Crippen molar-refractivity contribution in [2.75, 3.05) is 10.6 Å². The van der Waals surface area contributed by atoms with E-state index in [-0.39, 0.29) is 5.91 Å². The van der Waals surface area contributed by atoms with Gasteiger partial charge in [0.15, 0.2) is 0 Å². The summed E-state index contributed by atoms with van der Waals surface area (Å²) in [5, 5.41) is 7.09. The number of benzene rings is 1. The van der Waals surface area contributed by atoms with Crippen LogP contribution in [0.4, 0.5) is 11.5 Å². The van der Waals surface area contributed by atoms with Crippen LogP contribution in [0.25, 0.3) is 0 Å². The minimum Gasteiger partial charge on any atom is -0.367 e. The Kier molecular flexibility index (Phi) is 6.16. The quantitative estimate of drug-likeness (QED) is 0.664. The van der Waals surface area contributed by atoms with Gasteiger partial charge in [-0.25, -0.2) is 4.98 Å². The molecule has 0 bridgehead atoms. The Balaban J connectivity index is 1.59. The zero-order valence-electron chi connectivity index (χ0n) is 13.9. The Morgan fingerprint density at radius 1 is 1.00 bits per heavy atom. The largest absolute Gasteiger partial charge is 0.367 e. The number of aromatic nitrogens is 1. The third kappa shape index (κ3) is 5.10. The summed E-state index contributed by atoms with van der Waals surface area (Å²) in [7, 11) is 0. The topological polar surface area (TPSA) is 54.0 Å². The van der Waals surface area contributed by atoms with Gasteiger partial charge in [-0.3, -0.25) is 4.79 Å². The minimum absolute atomic E-state index is 0.246. The van der Waals surface area contributed by atoms with Gasteiger partial charge in [-0.1, -0.05) is 48.9 Å². The first-order chi connectivity index (χ1) is 12.1. The SMILES string of the molecule is O=C(Nc1ccc(NC2CCCCCC2)nc1)c1ccc(Cl)c(Cl)c1. The first-order valence-electron chi connectivity index (χ1n) is 8.61. The van der Waals surface area contributed by atoms with E-state index in [2.05, 4.69) is 15.6 Å². The summed E-state index contributed by atoms with van der Waals surface area (Å²) < 4.78 is 0. The van der Waals surface area contributed by atoms with Crippen LogP contribution >= 0.6 is 23.2 Å². The van der Waals surface area contributed by atoms with Crippen molar-refractivity contribution >= 4 is 40.6 Å². The van der Waals surface area contributed by atoms with E-state index in [0.717, 1.165) is 5.82 Å². The van der Waals surface area contributed by atoms with Crippen molar-refractivity contribution in [3.63, 3.8) is 0 Å². The molecule has 2 N–H and O–H groups in total. The highest BCUT2D eigenvalue weighted by molar-refractivity contribution is 6.42. The molecule has 1 aromatic carbocycles. The first kappa shape index (κ1) is 18.0. The van der Waals surface area contributed by atoms with Crippen molar-refractivity contribution < 1.29 is 4.79 Å². The molecule has 3 rings (SSSR count). The number of rotatable bonds is 4. The third-order valence-electron chi connectivity index (χ3n) is 4.41. The summed E-state index contributed by atoms with van der Waals surface area (Å²) in [5.41, 5.74) is 1.09. The highest BCUT2D eigenvalue weighted by atomic mass is 35.5. The maximum atomic E-state index is 12.3. The van der Waals surface area contributed by atoms with Gasteiger partial charge in [-0.15, -0.1) is 0 Å². The van der Waals surface area contributed by atoms with Crippen LogP contribution in [0.1, 0.15) is 48.9 Å². The molecule has 1 fully saturated rings. The molecule has 1 saturated carbocycles. The summed E-state index contributed by atoms with van der Waals surface area (Å²) in [4.78, 5) is 16.7. The van der Waals surface area contributed by atoms with Gasteiger partial charge < -0.3 is 10.6 Å². The van der Waals surface area contributed by atoms with Gasteiger partial charge in [0.2, 0.25) is 0 Å². The number of amides is 1. The smallest absolute Gasteiger partial charge is 0.255 e. The number of hydrogen-bond donors (Lipinski definition) is 2. The second kappa shape index (κ2) is 8.54. The molecule has 132 valence electrons. The van der Waals surface area contributed by atoms with Gasteiger partial charge in [0.05, 0.1) is 21.9 Å². The van der Waals surface area contributed by atoms with E-state index in [4.69, 9.17) is 23.2 Å². The monoisotopic (exact) mass is 377 g/mol. The number of nitrogens with one attached hydrogen (secondary N) is 2. The highest BCUT2D eigenvalue weighted by Gasteiger charge is 2.13. The minimum atomic E-state index is -0.246. The fourth-order valence-electron chi connectivity index (χ4n) is 3.03. The second-order valence-electron chi connectivity index (χ2n) is 6.35. The van der Waals surface area contributed by atoms with E-state index >= 15 is 0 Å². The number of carbonyl (C=O) groups excluding carboxylic acids is 1. The van der Waals surface area contributed by atoms with E-state index in [0.29, 0.717) is 27.3 Å². The number of anilines is 2. The van der Waals surface area contributed by atoms with Crippen LogP contribution in [0, 0.1) is 0 Å². The zero-order chi connectivity index (χ0) is 17.6. The molecular formula is C19H21Cl2N3O. The lowest BCUT2D eigenvalue weighted by atomic mass is 10.1. The molecule has 0 saturated heterocycles. The molecule has 1 heterocycles. The van der Waals surface area contributed by atoms with Crippen LogP contribution in [0.3, 0.4) is 0 Å². The molecule has 25 heavy (non-hydrogen) atoms. The van der Waals surface area contributed by atoms with E-state index in [9.17, 15) is 4.79 Å². The third-order valence-corrected chi connectivity index (χ3v) is 5.15. The average molecular weight is 378 g/mol. The van der Waals surface area contributed by atoms with Gasteiger partial charge in [-0.2, -0.15) is 0 Å². The molecule has 1 aromatic heterocycles.